The first kappa shape index (κ1) is 14.8. The van der Waals surface area contributed by atoms with Crippen LogP contribution in [0.4, 0.5) is 8.78 Å². The normalized spacial score (nSPS) is 14.6. The van der Waals surface area contributed by atoms with Gasteiger partial charge in [0.2, 0.25) is 0 Å². The monoisotopic (exact) mass is 261 g/mol. The van der Waals surface area contributed by atoms with E-state index < -0.39 is 12.7 Å². The Morgan fingerprint density at radius 3 is 2.61 bits per heavy atom. The Hall–Kier alpha value is -1.24. The molecule has 0 saturated heterocycles. The summed E-state index contributed by atoms with van der Waals surface area (Å²) < 4.78 is 28.8. The largest absolute Gasteiger partial charge is 0.434 e. The number of hydrogen-bond acceptors (Lipinski definition) is 4. The van der Waals surface area contributed by atoms with Gasteiger partial charge in [0.25, 0.3) is 0 Å². The van der Waals surface area contributed by atoms with Crippen molar-refractivity contribution in [3.63, 3.8) is 0 Å². The highest BCUT2D eigenvalue weighted by Gasteiger charge is 2.14. The first-order valence-corrected chi connectivity index (χ1v) is 5.60. The molecule has 0 radical (unpaired) electrons. The molecule has 1 aromatic carbocycles. The molecule has 0 aromatic heterocycles. The van der Waals surface area contributed by atoms with Crippen LogP contribution in [0.2, 0.25) is 0 Å². The van der Waals surface area contributed by atoms with E-state index in [1.807, 2.05) is 0 Å². The van der Waals surface area contributed by atoms with Crippen LogP contribution in [0.5, 0.6) is 5.75 Å². The molecule has 0 aliphatic rings. The van der Waals surface area contributed by atoms with Gasteiger partial charge >= 0.3 is 6.61 Å². The third-order valence-corrected chi connectivity index (χ3v) is 2.47. The lowest BCUT2D eigenvalue weighted by Crippen LogP contribution is -2.31. The lowest BCUT2D eigenvalue weighted by Gasteiger charge is -2.19. The van der Waals surface area contributed by atoms with Gasteiger partial charge in [0.05, 0.1) is 12.7 Å². The van der Waals surface area contributed by atoms with E-state index in [2.05, 4.69) is 10.1 Å². The molecule has 4 nitrogen and oxygen atoms in total. The number of benzene rings is 1. The van der Waals surface area contributed by atoms with Crippen LogP contribution in [0, 0.1) is 0 Å². The molecule has 0 amide bonds. The molecule has 2 unspecified atom stereocenters. The van der Waals surface area contributed by atoms with Crippen molar-refractivity contribution in [1.29, 1.82) is 0 Å². The maximum absolute atomic E-state index is 12.2. The number of ether oxygens (including phenoxy) is 1. The van der Waals surface area contributed by atoms with Crippen molar-refractivity contribution in [2.45, 2.75) is 25.7 Å². The van der Waals surface area contributed by atoms with Gasteiger partial charge in [-0.2, -0.15) is 8.78 Å². The van der Waals surface area contributed by atoms with Gasteiger partial charge in [-0.3, -0.25) is 0 Å². The molecule has 0 aliphatic heterocycles. The molecule has 102 valence electrons. The molecule has 18 heavy (non-hydrogen) atoms. The average Bonchev–Trinajstić information content (AvgIpc) is 2.35. The highest BCUT2D eigenvalue weighted by atomic mass is 19.3. The Morgan fingerprint density at radius 2 is 2.00 bits per heavy atom. The zero-order valence-corrected chi connectivity index (χ0v) is 10.0. The van der Waals surface area contributed by atoms with Crippen LogP contribution in [-0.2, 0) is 0 Å². The lowest BCUT2D eigenvalue weighted by molar-refractivity contribution is -0.0507. The van der Waals surface area contributed by atoms with Gasteiger partial charge in [-0.05, 0) is 13.0 Å². The number of hydrogen-bond donors (Lipinski definition) is 3. The second-order valence-corrected chi connectivity index (χ2v) is 3.88. The number of alkyl halides is 2. The minimum atomic E-state index is -2.87. The van der Waals surface area contributed by atoms with Crippen molar-refractivity contribution in [2.75, 3.05) is 13.2 Å². The van der Waals surface area contributed by atoms with Crippen LogP contribution in [0.25, 0.3) is 0 Å². The Morgan fingerprint density at radius 1 is 1.33 bits per heavy atom. The minimum Gasteiger partial charge on any atom is -0.434 e. The maximum Gasteiger partial charge on any atom is 0.387 e. The molecule has 0 bridgehead atoms. The molecule has 1 aromatic rings. The molecule has 1 rings (SSSR count). The van der Waals surface area contributed by atoms with Crippen molar-refractivity contribution in [3.05, 3.63) is 29.8 Å². The van der Waals surface area contributed by atoms with Crippen LogP contribution < -0.4 is 10.1 Å². The van der Waals surface area contributed by atoms with Crippen LogP contribution in [0.1, 0.15) is 18.5 Å². The number of aliphatic hydroxyl groups is 2. The number of nitrogens with one attached hydrogen (secondary N) is 1. The average molecular weight is 261 g/mol. The fourth-order valence-corrected chi connectivity index (χ4v) is 1.53. The number of rotatable bonds is 7. The summed E-state index contributed by atoms with van der Waals surface area (Å²) in [6, 6.07) is 6.18. The highest BCUT2D eigenvalue weighted by molar-refractivity contribution is 5.35. The second-order valence-electron chi connectivity index (χ2n) is 3.88. The fourth-order valence-electron chi connectivity index (χ4n) is 1.53. The first-order valence-electron chi connectivity index (χ1n) is 5.60. The third-order valence-electron chi connectivity index (χ3n) is 2.47. The Balaban J connectivity index is 2.69. The van der Waals surface area contributed by atoms with Crippen molar-refractivity contribution < 1.29 is 23.7 Å². The molecule has 0 heterocycles. The van der Waals surface area contributed by atoms with Gasteiger partial charge < -0.3 is 20.3 Å². The third kappa shape index (κ3) is 4.56. The quantitative estimate of drug-likeness (QED) is 0.692. The topological polar surface area (TPSA) is 61.7 Å². The smallest absolute Gasteiger partial charge is 0.387 e. The van der Waals surface area contributed by atoms with E-state index in [4.69, 9.17) is 5.11 Å². The number of para-hydroxylation sites is 1. The van der Waals surface area contributed by atoms with E-state index in [0.29, 0.717) is 5.56 Å². The zero-order chi connectivity index (χ0) is 13.5. The van der Waals surface area contributed by atoms with E-state index in [0.717, 1.165) is 0 Å². The van der Waals surface area contributed by atoms with Gasteiger partial charge in [-0.15, -0.1) is 0 Å². The van der Waals surface area contributed by atoms with Gasteiger partial charge in [0.15, 0.2) is 0 Å². The molecule has 6 heteroatoms. The van der Waals surface area contributed by atoms with Crippen molar-refractivity contribution in [2.24, 2.45) is 0 Å². The van der Waals surface area contributed by atoms with Gasteiger partial charge in [-0.1, -0.05) is 18.2 Å². The van der Waals surface area contributed by atoms with Gasteiger partial charge in [-0.25, -0.2) is 0 Å². The minimum absolute atomic E-state index is 0.103. The summed E-state index contributed by atoms with van der Waals surface area (Å²) in [5.74, 6) is 0.103. The van der Waals surface area contributed by atoms with E-state index in [-0.39, 0.29) is 24.9 Å². The predicted molar refractivity (Wildman–Crippen MR) is 62.6 cm³/mol. The summed E-state index contributed by atoms with van der Waals surface area (Å²) in [4.78, 5) is 0. The maximum atomic E-state index is 12.2. The highest BCUT2D eigenvalue weighted by Crippen LogP contribution is 2.26. The molecular weight excluding hydrogens is 244 g/mol. The van der Waals surface area contributed by atoms with Crippen LogP contribution in [0.3, 0.4) is 0 Å². The van der Waals surface area contributed by atoms with Crippen molar-refractivity contribution >= 4 is 0 Å². The first-order chi connectivity index (χ1) is 8.54. The van der Waals surface area contributed by atoms with Crippen LogP contribution in [-0.4, -0.2) is 36.1 Å². The zero-order valence-electron chi connectivity index (χ0n) is 10.0. The number of halogens is 2. The Bertz CT molecular complexity index is 363. The standard InChI is InChI=1S/C12H17F2NO3/c1-8(15-6-9(17)7-16)10-4-2-3-5-11(10)18-12(13)14/h2-5,8-9,12,15-17H,6-7H2,1H3. The molecule has 0 fully saturated rings. The summed E-state index contributed by atoms with van der Waals surface area (Å²) in [5.41, 5.74) is 0.572. The summed E-state index contributed by atoms with van der Waals surface area (Å²) >= 11 is 0. The summed E-state index contributed by atoms with van der Waals surface area (Å²) in [5, 5.41) is 20.8. The lowest BCUT2D eigenvalue weighted by atomic mass is 10.1. The number of aliphatic hydroxyl groups excluding tert-OH is 2. The van der Waals surface area contributed by atoms with Crippen molar-refractivity contribution in [3.8, 4) is 5.75 Å². The Kier molecular flexibility index (Phi) is 5.97. The molecular formula is C12H17F2NO3. The van der Waals surface area contributed by atoms with E-state index in [1.54, 1.807) is 25.1 Å². The molecule has 2 atom stereocenters. The second kappa shape index (κ2) is 7.25. The SMILES string of the molecule is CC(NCC(O)CO)c1ccccc1OC(F)F. The Labute approximate surface area is 104 Å². The van der Waals surface area contributed by atoms with Gasteiger partial charge in [0.1, 0.15) is 5.75 Å². The molecule has 0 aliphatic carbocycles. The molecule has 3 N–H and O–H groups in total. The van der Waals surface area contributed by atoms with Crippen LogP contribution in [0.15, 0.2) is 24.3 Å². The molecule has 0 spiro atoms. The van der Waals surface area contributed by atoms with E-state index in [9.17, 15) is 13.9 Å². The van der Waals surface area contributed by atoms with E-state index in [1.165, 1.54) is 6.07 Å². The van der Waals surface area contributed by atoms with E-state index >= 15 is 0 Å². The fraction of sp³-hybridized carbons (Fsp3) is 0.500. The van der Waals surface area contributed by atoms with Gasteiger partial charge in [0, 0.05) is 18.2 Å². The molecule has 0 saturated carbocycles. The van der Waals surface area contributed by atoms with Crippen molar-refractivity contribution in [1.82, 2.24) is 5.32 Å². The van der Waals surface area contributed by atoms with Crippen LogP contribution >= 0.6 is 0 Å². The summed E-state index contributed by atoms with van der Waals surface area (Å²) in [6.45, 7) is -1.30. The predicted octanol–water partition coefficient (Wildman–Crippen LogP) is 1.29. The summed E-state index contributed by atoms with van der Waals surface area (Å²) in [7, 11) is 0. The summed E-state index contributed by atoms with van der Waals surface area (Å²) in [6.07, 6.45) is -0.879.